The Morgan fingerprint density at radius 1 is 1.31 bits per heavy atom. The van der Waals surface area contributed by atoms with E-state index in [1.165, 1.54) is 6.33 Å². The third-order valence-corrected chi connectivity index (χ3v) is 2.26. The summed E-state index contributed by atoms with van der Waals surface area (Å²) in [7, 11) is 0. The fourth-order valence-electron chi connectivity index (χ4n) is 1.48. The lowest BCUT2D eigenvalue weighted by Crippen LogP contribution is -2.16. The average molecular weight is 223 g/mol. The van der Waals surface area contributed by atoms with Crippen molar-refractivity contribution in [1.82, 2.24) is 9.97 Å². The topological polar surface area (TPSA) is 75.9 Å². The maximum Gasteiger partial charge on any atom is 0.148 e. The number of aromatic nitrogens is 2. The van der Waals surface area contributed by atoms with E-state index in [2.05, 4.69) is 41.5 Å². The minimum absolute atomic E-state index is 0.582. The van der Waals surface area contributed by atoms with Gasteiger partial charge in [-0.05, 0) is 12.3 Å². The first-order valence-electron chi connectivity index (χ1n) is 5.73. The van der Waals surface area contributed by atoms with Gasteiger partial charge in [0.25, 0.3) is 0 Å². The summed E-state index contributed by atoms with van der Waals surface area (Å²) < 4.78 is 0. The van der Waals surface area contributed by atoms with Crippen LogP contribution in [0.15, 0.2) is 6.33 Å². The van der Waals surface area contributed by atoms with E-state index in [1.807, 2.05) is 0 Å². The number of nitrogens with one attached hydrogen (secondary N) is 2. The van der Waals surface area contributed by atoms with E-state index >= 15 is 0 Å². The van der Waals surface area contributed by atoms with Gasteiger partial charge in [0.15, 0.2) is 0 Å². The molecule has 0 unspecified atom stereocenters. The molecule has 0 aliphatic carbocycles. The number of nitrogen functional groups attached to an aromatic ring is 1. The summed E-state index contributed by atoms with van der Waals surface area (Å²) in [5.41, 5.74) is 3.68. The van der Waals surface area contributed by atoms with Crippen LogP contribution < -0.4 is 16.6 Å². The lowest BCUT2D eigenvalue weighted by atomic mass is 10.1. The van der Waals surface area contributed by atoms with Crippen molar-refractivity contribution in [3.8, 4) is 0 Å². The third-order valence-electron chi connectivity index (χ3n) is 2.26. The summed E-state index contributed by atoms with van der Waals surface area (Å²) in [4.78, 5) is 8.38. The fraction of sp³-hybridized carbons (Fsp3) is 0.636. The number of nitrogens with zero attached hydrogens (tertiary/aromatic N) is 2. The Labute approximate surface area is 96.8 Å². The zero-order valence-corrected chi connectivity index (χ0v) is 10.2. The molecule has 0 radical (unpaired) electrons. The Bertz CT molecular complexity index is 324. The van der Waals surface area contributed by atoms with Crippen molar-refractivity contribution in [3.05, 3.63) is 11.9 Å². The van der Waals surface area contributed by atoms with E-state index in [4.69, 9.17) is 5.84 Å². The summed E-state index contributed by atoms with van der Waals surface area (Å²) in [5.74, 6) is 7.62. The molecule has 0 saturated carbocycles. The van der Waals surface area contributed by atoms with Crippen LogP contribution in [0.5, 0.6) is 0 Å². The van der Waals surface area contributed by atoms with Crippen molar-refractivity contribution in [1.29, 1.82) is 0 Å². The predicted octanol–water partition coefficient (Wildman–Crippen LogP) is 1.78. The van der Waals surface area contributed by atoms with Gasteiger partial charge in [-0.25, -0.2) is 15.8 Å². The number of hydrazine groups is 1. The van der Waals surface area contributed by atoms with E-state index in [1.54, 1.807) is 0 Å². The van der Waals surface area contributed by atoms with Crippen molar-refractivity contribution < 1.29 is 0 Å². The number of hydrogen-bond acceptors (Lipinski definition) is 5. The molecule has 16 heavy (non-hydrogen) atoms. The largest absolute Gasteiger partial charge is 0.369 e. The van der Waals surface area contributed by atoms with Crippen LogP contribution in [-0.4, -0.2) is 16.5 Å². The van der Waals surface area contributed by atoms with E-state index in [9.17, 15) is 0 Å². The van der Waals surface area contributed by atoms with Crippen molar-refractivity contribution in [2.45, 2.75) is 33.6 Å². The quantitative estimate of drug-likeness (QED) is 0.506. The molecule has 0 fully saturated rings. The molecular weight excluding hydrogens is 202 g/mol. The fourth-order valence-corrected chi connectivity index (χ4v) is 1.48. The summed E-state index contributed by atoms with van der Waals surface area (Å²) in [6.07, 6.45) is 3.48. The van der Waals surface area contributed by atoms with Gasteiger partial charge in [-0.15, -0.1) is 0 Å². The standard InChI is InChI=1S/C11H21N5/c1-4-5-9-10(13-6-8(2)3)14-7-15-11(9)16-12/h7-8H,4-6,12H2,1-3H3,(H2,13,14,15,16). The molecule has 1 aromatic rings. The number of rotatable bonds is 6. The third kappa shape index (κ3) is 3.34. The van der Waals surface area contributed by atoms with Gasteiger partial charge < -0.3 is 10.7 Å². The SMILES string of the molecule is CCCc1c(NN)ncnc1NCC(C)C. The van der Waals surface area contributed by atoms with E-state index in [0.717, 1.165) is 30.8 Å². The van der Waals surface area contributed by atoms with Crippen LogP contribution in [0.4, 0.5) is 11.6 Å². The van der Waals surface area contributed by atoms with Gasteiger partial charge in [0.05, 0.1) is 0 Å². The lowest BCUT2D eigenvalue weighted by Gasteiger charge is -2.14. The molecule has 90 valence electrons. The highest BCUT2D eigenvalue weighted by Gasteiger charge is 2.09. The minimum atomic E-state index is 0.582. The normalized spacial score (nSPS) is 10.6. The molecule has 0 aromatic carbocycles. The highest BCUT2D eigenvalue weighted by atomic mass is 15.3. The van der Waals surface area contributed by atoms with Crippen LogP contribution in [-0.2, 0) is 6.42 Å². The highest BCUT2D eigenvalue weighted by Crippen LogP contribution is 2.20. The maximum atomic E-state index is 5.44. The molecule has 5 heteroatoms. The Hall–Kier alpha value is -1.36. The monoisotopic (exact) mass is 223 g/mol. The Morgan fingerprint density at radius 3 is 2.56 bits per heavy atom. The van der Waals surface area contributed by atoms with Crippen LogP contribution in [0.25, 0.3) is 0 Å². The molecule has 4 N–H and O–H groups in total. The van der Waals surface area contributed by atoms with Gasteiger partial charge in [0, 0.05) is 12.1 Å². The second-order valence-corrected chi connectivity index (χ2v) is 4.22. The molecule has 0 saturated heterocycles. The molecule has 0 amide bonds. The van der Waals surface area contributed by atoms with E-state index in [0.29, 0.717) is 11.7 Å². The van der Waals surface area contributed by atoms with Crippen molar-refractivity contribution in [2.24, 2.45) is 11.8 Å². The summed E-state index contributed by atoms with van der Waals surface area (Å²) >= 11 is 0. The molecule has 1 heterocycles. The second-order valence-electron chi connectivity index (χ2n) is 4.22. The molecule has 0 aliphatic rings. The second kappa shape index (κ2) is 6.27. The van der Waals surface area contributed by atoms with Crippen molar-refractivity contribution >= 4 is 11.6 Å². The molecular formula is C11H21N5. The smallest absolute Gasteiger partial charge is 0.148 e. The lowest BCUT2D eigenvalue weighted by molar-refractivity contribution is 0.685. The Balaban J connectivity index is 2.88. The molecule has 0 bridgehead atoms. The summed E-state index contributed by atoms with van der Waals surface area (Å²) in [6.45, 7) is 7.35. The first kappa shape index (κ1) is 12.7. The molecule has 5 nitrogen and oxygen atoms in total. The number of anilines is 2. The van der Waals surface area contributed by atoms with Crippen molar-refractivity contribution in [3.63, 3.8) is 0 Å². The van der Waals surface area contributed by atoms with Gasteiger partial charge in [-0.3, -0.25) is 0 Å². The molecule has 1 rings (SSSR count). The van der Waals surface area contributed by atoms with Gasteiger partial charge in [-0.1, -0.05) is 27.2 Å². The average Bonchev–Trinajstić information content (AvgIpc) is 2.27. The zero-order valence-electron chi connectivity index (χ0n) is 10.2. The van der Waals surface area contributed by atoms with Gasteiger partial charge in [0.1, 0.15) is 18.0 Å². The first-order chi connectivity index (χ1) is 7.69. The highest BCUT2D eigenvalue weighted by molar-refractivity contribution is 5.56. The summed E-state index contributed by atoms with van der Waals surface area (Å²) in [6, 6.07) is 0. The van der Waals surface area contributed by atoms with Crippen LogP contribution in [0, 0.1) is 5.92 Å². The van der Waals surface area contributed by atoms with Gasteiger partial charge >= 0.3 is 0 Å². The van der Waals surface area contributed by atoms with Gasteiger partial charge in [-0.2, -0.15) is 0 Å². The van der Waals surface area contributed by atoms with Gasteiger partial charge in [0.2, 0.25) is 0 Å². The zero-order chi connectivity index (χ0) is 12.0. The molecule has 1 aromatic heterocycles. The van der Waals surface area contributed by atoms with Crippen LogP contribution in [0.3, 0.4) is 0 Å². The van der Waals surface area contributed by atoms with Crippen LogP contribution in [0.1, 0.15) is 32.8 Å². The molecule has 0 aliphatic heterocycles. The molecule has 0 spiro atoms. The number of nitrogens with two attached hydrogens (primary N) is 1. The molecule has 0 atom stereocenters. The summed E-state index contributed by atoms with van der Waals surface area (Å²) in [5, 5.41) is 3.33. The maximum absolute atomic E-state index is 5.44. The Kier molecular flexibility index (Phi) is 4.98. The van der Waals surface area contributed by atoms with Crippen LogP contribution >= 0.6 is 0 Å². The number of hydrogen-bond donors (Lipinski definition) is 3. The minimum Gasteiger partial charge on any atom is -0.369 e. The van der Waals surface area contributed by atoms with Crippen molar-refractivity contribution in [2.75, 3.05) is 17.3 Å². The van der Waals surface area contributed by atoms with Crippen LogP contribution in [0.2, 0.25) is 0 Å². The van der Waals surface area contributed by atoms with E-state index < -0.39 is 0 Å². The predicted molar refractivity (Wildman–Crippen MR) is 67.2 cm³/mol. The first-order valence-corrected chi connectivity index (χ1v) is 5.73. The Morgan fingerprint density at radius 2 is 2.00 bits per heavy atom. The van der Waals surface area contributed by atoms with E-state index in [-0.39, 0.29) is 0 Å².